The first kappa shape index (κ1) is 12.4. The van der Waals surface area contributed by atoms with E-state index in [2.05, 4.69) is 10.1 Å². The molecule has 2 aromatic rings. The zero-order valence-corrected chi connectivity index (χ0v) is 9.81. The van der Waals surface area contributed by atoms with Gasteiger partial charge in [0.2, 0.25) is 0 Å². The molecule has 0 atom stereocenters. The number of pyridine rings is 1. The molecule has 0 saturated carbocycles. The first-order valence-corrected chi connectivity index (χ1v) is 5.46. The molecule has 0 bridgehead atoms. The number of hydrogen-bond donors (Lipinski definition) is 0. The summed E-state index contributed by atoms with van der Waals surface area (Å²) >= 11 is 0. The first-order chi connectivity index (χ1) is 7.79. The van der Waals surface area contributed by atoms with Crippen molar-refractivity contribution < 1.29 is 4.39 Å². The Bertz CT molecular complexity index is 420. The molecule has 16 heavy (non-hydrogen) atoms. The van der Waals surface area contributed by atoms with Crippen molar-refractivity contribution in [3.63, 3.8) is 0 Å². The van der Waals surface area contributed by atoms with Crippen molar-refractivity contribution in [1.82, 2.24) is 14.8 Å². The average molecular weight is 221 g/mol. The van der Waals surface area contributed by atoms with Crippen molar-refractivity contribution >= 4 is 0 Å². The number of hydrogen-bond acceptors (Lipinski definition) is 2. The molecule has 86 valence electrons. The van der Waals surface area contributed by atoms with E-state index in [0.717, 1.165) is 12.1 Å². The van der Waals surface area contributed by atoms with Crippen LogP contribution in [0, 0.1) is 5.82 Å². The Morgan fingerprint density at radius 1 is 1.25 bits per heavy atom. The van der Waals surface area contributed by atoms with E-state index >= 15 is 0 Å². The van der Waals surface area contributed by atoms with E-state index in [1.807, 2.05) is 33.0 Å². The van der Waals surface area contributed by atoms with Crippen molar-refractivity contribution in [3.8, 4) is 5.82 Å². The van der Waals surface area contributed by atoms with Crippen molar-refractivity contribution in [1.29, 1.82) is 0 Å². The van der Waals surface area contributed by atoms with Crippen LogP contribution in [0.25, 0.3) is 5.82 Å². The smallest absolute Gasteiger partial charge is 0.153 e. The minimum absolute atomic E-state index is 0.336. The predicted molar refractivity (Wildman–Crippen MR) is 62.0 cm³/mol. The van der Waals surface area contributed by atoms with E-state index in [-0.39, 0.29) is 5.82 Å². The lowest BCUT2D eigenvalue weighted by Gasteiger charge is -1.98. The number of rotatable bonds is 2. The van der Waals surface area contributed by atoms with Gasteiger partial charge in [0.25, 0.3) is 0 Å². The molecule has 0 saturated heterocycles. The first-order valence-electron chi connectivity index (χ1n) is 5.46. The Balaban J connectivity index is 0.000000606. The maximum Gasteiger partial charge on any atom is 0.153 e. The second kappa shape index (κ2) is 6.00. The highest BCUT2D eigenvalue weighted by Gasteiger charge is 2.00. The van der Waals surface area contributed by atoms with E-state index in [1.165, 1.54) is 12.3 Å². The van der Waals surface area contributed by atoms with Crippen LogP contribution in [0.4, 0.5) is 4.39 Å². The fraction of sp³-hybridized carbons (Fsp3) is 0.333. The molecule has 2 rings (SSSR count). The largest absolute Gasteiger partial charge is 0.234 e. The molecule has 4 heteroatoms. The molecule has 0 spiro atoms. The SMILES string of the molecule is CC.CCc1ccn(-c2ccc(F)cn2)n1. The molecule has 2 heterocycles. The van der Waals surface area contributed by atoms with Crippen LogP contribution >= 0.6 is 0 Å². The summed E-state index contributed by atoms with van der Waals surface area (Å²) in [6, 6.07) is 4.89. The molecular formula is C12H16FN3. The summed E-state index contributed by atoms with van der Waals surface area (Å²) in [5.74, 6) is 0.294. The number of nitrogens with zero attached hydrogens (tertiary/aromatic N) is 3. The minimum Gasteiger partial charge on any atom is -0.234 e. The van der Waals surface area contributed by atoms with Crippen molar-refractivity contribution in [3.05, 3.63) is 42.1 Å². The number of aryl methyl sites for hydroxylation is 1. The topological polar surface area (TPSA) is 30.7 Å². The molecule has 0 radical (unpaired) electrons. The van der Waals surface area contributed by atoms with Gasteiger partial charge >= 0.3 is 0 Å². The molecule has 0 aliphatic rings. The number of halogens is 1. The van der Waals surface area contributed by atoms with Gasteiger partial charge in [0.1, 0.15) is 5.82 Å². The van der Waals surface area contributed by atoms with Crippen LogP contribution in [0.1, 0.15) is 26.5 Å². The normalized spacial score (nSPS) is 9.50. The lowest BCUT2D eigenvalue weighted by molar-refractivity contribution is 0.619. The number of aromatic nitrogens is 3. The monoisotopic (exact) mass is 221 g/mol. The van der Waals surface area contributed by atoms with E-state index in [4.69, 9.17) is 0 Å². The van der Waals surface area contributed by atoms with E-state index < -0.39 is 0 Å². The highest BCUT2D eigenvalue weighted by atomic mass is 19.1. The molecule has 0 aliphatic carbocycles. The van der Waals surface area contributed by atoms with Gasteiger partial charge in [-0.3, -0.25) is 0 Å². The fourth-order valence-corrected chi connectivity index (χ4v) is 1.18. The average Bonchev–Trinajstić information content (AvgIpc) is 2.81. The van der Waals surface area contributed by atoms with Crippen LogP contribution in [0.3, 0.4) is 0 Å². The van der Waals surface area contributed by atoms with E-state index in [9.17, 15) is 4.39 Å². The van der Waals surface area contributed by atoms with Gasteiger partial charge < -0.3 is 0 Å². The lowest BCUT2D eigenvalue weighted by atomic mass is 10.4. The van der Waals surface area contributed by atoms with Gasteiger partial charge in [-0.05, 0) is 24.6 Å². The Morgan fingerprint density at radius 2 is 2.00 bits per heavy atom. The van der Waals surface area contributed by atoms with E-state index in [0.29, 0.717) is 5.82 Å². The third-order valence-electron chi connectivity index (χ3n) is 1.95. The van der Waals surface area contributed by atoms with Gasteiger partial charge in [-0.25, -0.2) is 14.1 Å². The van der Waals surface area contributed by atoms with Crippen LogP contribution in [0.5, 0.6) is 0 Å². The summed E-state index contributed by atoms with van der Waals surface area (Å²) in [5, 5.41) is 4.26. The molecule has 0 fully saturated rings. The summed E-state index contributed by atoms with van der Waals surface area (Å²) in [7, 11) is 0. The Kier molecular flexibility index (Phi) is 4.64. The Labute approximate surface area is 94.9 Å². The van der Waals surface area contributed by atoms with Gasteiger partial charge in [-0.2, -0.15) is 5.10 Å². The lowest BCUT2D eigenvalue weighted by Crippen LogP contribution is -1.98. The summed E-state index contributed by atoms with van der Waals surface area (Å²) in [5.41, 5.74) is 0.996. The molecule has 0 amide bonds. The van der Waals surface area contributed by atoms with E-state index in [1.54, 1.807) is 10.7 Å². The second-order valence-electron chi connectivity index (χ2n) is 2.94. The third-order valence-corrected chi connectivity index (χ3v) is 1.95. The van der Waals surface area contributed by atoms with Crippen LogP contribution < -0.4 is 0 Å². The maximum absolute atomic E-state index is 12.6. The molecule has 2 aromatic heterocycles. The summed E-state index contributed by atoms with van der Waals surface area (Å²) in [6.07, 6.45) is 3.88. The standard InChI is InChI=1S/C10H10FN3.C2H6/c1-2-9-5-6-14(13-9)10-4-3-8(11)7-12-10;1-2/h3-7H,2H2,1H3;1-2H3. The van der Waals surface area contributed by atoms with Crippen molar-refractivity contribution in [2.24, 2.45) is 0 Å². The molecule has 0 N–H and O–H groups in total. The summed E-state index contributed by atoms with van der Waals surface area (Å²) in [6.45, 7) is 6.03. The quantitative estimate of drug-likeness (QED) is 0.780. The fourth-order valence-electron chi connectivity index (χ4n) is 1.18. The van der Waals surface area contributed by atoms with Gasteiger partial charge in [0.15, 0.2) is 5.82 Å². The second-order valence-corrected chi connectivity index (χ2v) is 2.94. The van der Waals surface area contributed by atoms with Crippen LogP contribution in [-0.4, -0.2) is 14.8 Å². The highest BCUT2D eigenvalue weighted by molar-refractivity contribution is 5.21. The summed E-state index contributed by atoms with van der Waals surface area (Å²) < 4.78 is 14.2. The molecule has 0 aromatic carbocycles. The minimum atomic E-state index is -0.336. The van der Waals surface area contributed by atoms with Crippen LogP contribution in [-0.2, 0) is 6.42 Å². The molecule has 3 nitrogen and oxygen atoms in total. The predicted octanol–water partition coefficient (Wildman–Crippen LogP) is 3.00. The van der Waals surface area contributed by atoms with Crippen molar-refractivity contribution in [2.45, 2.75) is 27.2 Å². The van der Waals surface area contributed by atoms with Crippen LogP contribution in [0.15, 0.2) is 30.6 Å². The molecular weight excluding hydrogens is 205 g/mol. The zero-order chi connectivity index (χ0) is 12.0. The zero-order valence-electron chi connectivity index (χ0n) is 9.81. The molecule has 0 unspecified atom stereocenters. The van der Waals surface area contributed by atoms with Gasteiger partial charge in [0, 0.05) is 6.20 Å². The van der Waals surface area contributed by atoms with Gasteiger partial charge in [-0.15, -0.1) is 0 Å². The Hall–Kier alpha value is -1.71. The molecule has 0 aliphatic heterocycles. The summed E-state index contributed by atoms with van der Waals surface area (Å²) in [4.78, 5) is 3.92. The highest BCUT2D eigenvalue weighted by Crippen LogP contribution is 2.05. The van der Waals surface area contributed by atoms with Crippen molar-refractivity contribution in [2.75, 3.05) is 0 Å². The third kappa shape index (κ3) is 2.89. The van der Waals surface area contributed by atoms with Gasteiger partial charge in [0.05, 0.1) is 11.9 Å². The van der Waals surface area contributed by atoms with Crippen LogP contribution in [0.2, 0.25) is 0 Å². The Morgan fingerprint density at radius 3 is 2.50 bits per heavy atom. The van der Waals surface area contributed by atoms with Gasteiger partial charge in [-0.1, -0.05) is 20.8 Å². The maximum atomic E-state index is 12.6.